The summed E-state index contributed by atoms with van der Waals surface area (Å²) in [4.78, 5) is 10.8. The molecule has 0 aromatic heterocycles. The van der Waals surface area contributed by atoms with Crippen LogP contribution in [0.3, 0.4) is 0 Å². The van der Waals surface area contributed by atoms with E-state index in [1.54, 1.807) is 5.01 Å². The van der Waals surface area contributed by atoms with Crippen LogP contribution in [0.5, 0.6) is 0 Å². The molecule has 1 fully saturated rings. The summed E-state index contributed by atoms with van der Waals surface area (Å²) in [6, 6.07) is -0.191. The van der Waals surface area contributed by atoms with Crippen molar-refractivity contribution in [2.75, 3.05) is 6.54 Å². The molecular formula is C10H14N2O. The minimum absolute atomic E-state index is 0.191. The van der Waals surface area contributed by atoms with E-state index in [0.717, 1.165) is 25.7 Å². The van der Waals surface area contributed by atoms with Crippen molar-refractivity contribution < 1.29 is 4.79 Å². The van der Waals surface area contributed by atoms with Crippen molar-refractivity contribution in [2.45, 2.75) is 18.9 Å². The summed E-state index contributed by atoms with van der Waals surface area (Å²) < 4.78 is 0. The van der Waals surface area contributed by atoms with E-state index in [9.17, 15) is 4.79 Å². The van der Waals surface area contributed by atoms with E-state index in [0.29, 0.717) is 5.92 Å². The standard InChI is InChI=1S/C10H14N2O/c11-12-6-5-8-3-1-2-4-9(8)10(12)7-13/h1-2,4,7-8,10H,3,5-6,11H2. The molecule has 1 heterocycles. The maximum absolute atomic E-state index is 10.8. The Hall–Kier alpha value is -0.930. The average molecular weight is 178 g/mol. The van der Waals surface area contributed by atoms with Gasteiger partial charge in [0.25, 0.3) is 0 Å². The van der Waals surface area contributed by atoms with Crippen molar-refractivity contribution in [3.05, 3.63) is 23.8 Å². The highest BCUT2D eigenvalue weighted by Gasteiger charge is 2.31. The minimum Gasteiger partial charge on any atom is -0.301 e. The van der Waals surface area contributed by atoms with Crippen LogP contribution >= 0.6 is 0 Å². The number of allylic oxidation sites excluding steroid dienone is 3. The van der Waals surface area contributed by atoms with E-state index >= 15 is 0 Å². The number of carbonyl (C=O) groups excluding carboxylic acids is 1. The average Bonchev–Trinajstić information content (AvgIpc) is 2.18. The predicted molar refractivity (Wildman–Crippen MR) is 50.7 cm³/mol. The highest BCUT2D eigenvalue weighted by Crippen LogP contribution is 2.31. The number of hydrogen-bond donors (Lipinski definition) is 1. The zero-order valence-corrected chi connectivity index (χ0v) is 7.52. The Morgan fingerprint density at radius 3 is 3.23 bits per heavy atom. The normalized spacial score (nSPS) is 33.8. The van der Waals surface area contributed by atoms with Crippen LogP contribution in [-0.4, -0.2) is 23.9 Å². The largest absolute Gasteiger partial charge is 0.301 e. The molecule has 1 aliphatic heterocycles. The van der Waals surface area contributed by atoms with Crippen LogP contribution in [0.1, 0.15) is 12.8 Å². The van der Waals surface area contributed by atoms with Gasteiger partial charge in [-0.15, -0.1) is 0 Å². The molecule has 70 valence electrons. The first-order chi connectivity index (χ1) is 6.33. The summed E-state index contributed by atoms with van der Waals surface area (Å²) in [5, 5.41) is 1.63. The van der Waals surface area contributed by atoms with Gasteiger partial charge in [-0.3, -0.25) is 5.84 Å². The highest BCUT2D eigenvalue weighted by molar-refractivity contribution is 5.64. The molecule has 0 spiro atoms. The molecule has 2 rings (SSSR count). The quantitative estimate of drug-likeness (QED) is 0.473. The highest BCUT2D eigenvalue weighted by atomic mass is 16.1. The summed E-state index contributed by atoms with van der Waals surface area (Å²) in [6.07, 6.45) is 9.27. The molecule has 0 bridgehead atoms. The van der Waals surface area contributed by atoms with Gasteiger partial charge in [-0.05, 0) is 24.3 Å². The molecular weight excluding hydrogens is 164 g/mol. The first-order valence-electron chi connectivity index (χ1n) is 4.66. The molecule has 0 radical (unpaired) electrons. The Balaban J connectivity index is 2.26. The summed E-state index contributed by atoms with van der Waals surface area (Å²) in [7, 11) is 0. The predicted octanol–water partition coefficient (Wildman–Crippen LogP) is 0.636. The van der Waals surface area contributed by atoms with Gasteiger partial charge < -0.3 is 4.79 Å². The van der Waals surface area contributed by atoms with Gasteiger partial charge in [0.1, 0.15) is 12.3 Å². The van der Waals surface area contributed by atoms with Gasteiger partial charge >= 0.3 is 0 Å². The second-order valence-electron chi connectivity index (χ2n) is 3.63. The van der Waals surface area contributed by atoms with Crippen molar-refractivity contribution in [1.82, 2.24) is 5.01 Å². The van der Waals surface area contributed by atoms with Crippen LogP contribution in [0.4, 0.5) is 0 Å². The number of carbonyl (C=O) groups is 1. The first kappa shape index (κ1) is 8.66. The van der Waals surface area contributed by atoms with Crippen molar-refractivity contribution in [1.29, 1.82) is 0 Å². The monoisotopic (exact) mass is 178 g/mol. The molecule has 0 aromatic carbocycles. The van der Waals surface area contributed by atoms with E-state index in [-0.39, 0.29) is 6.04 Å². The number of hydrazine groups is 1. The van der Waals surface area contributed by atoms with Crippen molar-refractivity contribution >= 4 is 6.29 Å². The van der Waals surface area contributed by atoms with Crippen LogP contribution in [-0.2, 0) is 4.79 Å². The van der Waals surface area contributed by atoms with E-state index in [1.165, 1.54) is 5.57 Å². The Kier molecular flexibility index (Phi) is 2.29. The summed E-state index contributed by atoms with van der Waals surface area (Å²) in [6.45, 7) is 0.819. The lowest BCUT2D eigenvalue weighted by Gasteiger charge is -2.36. The third kappa shape index (κ3) is 1.45. The number of nitrogens with two attached hydrogens (primary N) is 1. The molecule has 2 unspecified atom stereocenters. The Labute approximate surface area is 77.9 Å². The number of fused-ring (bicyclic) bond motifs is 1. The fourth-order valence-corrected chi connectivity index (χ4v) is 2.11. The first-order valence-corrected chi connectivity index (χ1v) is 4.66. The van der Waals surface area contributed by atoms with Crippen LogP contribution in [0, 0.1) is 5.92 Å². The molecule has 3 nitrogen and oxygen atoms in total. The van der Waals surface area contributed by atoms with Crippen LogP contribution in [0.2, 0.25) is 0 Å². The van der Waals surface area contributed by atoms with Gasteiger partial charge in [0.15, 0.2) is 0 Å². The second-order valence-corrected chi connectivity index (χ2v) is 3.63. The van der Waals surface area contributed by atoms with Gasteiger partial charge in [0.05, 0.1) is 0 Å². The summed E-state index contributed by atoms with van der Waals surface area (Å²) >= 11 is 0. The van der Waals surface area contributed by atoms with E-state index in [1.807, 2.05) is 12.2 Å². The Morgan fingerprint density at radius 1 is 1.62 bits per heavy atom. The molecule has 2 aliphatic rings. The number of rotatable bonds is 1. The van der Waals surface area contributed by atoms with Gasteiger partial charge in [-0.25, -0.2) is 5.01 Å². The lowest BCUT2D eigenvalue weighted by atomic mass is 9.82. The fourth-order valence-electron chi connectivity index (χ4n) is 2.11. The Bertz CT molecular complexity index is 270. The van der Waals surface area contributed by atoms with Crippen molar-refractivity contribution in [3.8, 4) is 0 Å². The lowest BCUT2D eigenvalue weighted by Crippen LogP contribution is -2.49. The number of nitrogens with zero attached hydrogens (tertiary/aromatic N) is 1. The van der Waals surface area contributed by atoms with Crippen LogP contribution < -0.4 is 5.84 Å². The molecule has 1 aliphatic carbocycles. The smallest absolute Gasteiger partial charge is 0.142 e. The summed E-state index contributed by atoms with van der Waals surface area (Å²) in [5.74, 6) is 6.28. The fraction of sp³-hybridized carbons (Fsp3) is 0.500. The van der Waals surface area contributed by atoms with E-state index < -0.39 is 0 Å². The molecule has 2 N–H and O–H groups in total. The van der Waals surface area contributed by atoms with Crippen LogP contribution in [0.15, 0.2) is 23.8 Å². The van der Waals surface area contributed by atoms with Crippen molar-refractivity contribution in [2.24, 2.45) is 11.8 Å². The van der Waals surface area contributed by atoms with Gasteiger partial charge in [-0.1, -0.05) is 18.2 Å². The van der Waals surface area contributed by atoms with Gasteiger partial charge in [0.2, 0.25) is 0 Å². The minimum atomic E-state index is -0.191. The lowest BCUT2D eigenvalue weighted by molar-refractivity contribution is -0.112. The van der Waals surface area contributed by atoms with E-state index in [2.05, 4.69) is 6.08 Å². The third-order valence-electron chi connectivity index (χ3n) is 2.88. The van der Waals surface area contributed by atoms with Gasteiger partial charge in [0, 0.05) is 6.54 Å². The molecule has 0 saturated carbocycles. The zero-order valence-electron chi connectivity index (χ0n) is 7.52. The molecule has 0 amide bonds. The number of hydrogen-bond acceptors (Lipinski definition) is 3. The SMILES string of the molecule is NN1CCC2CC=CC=C2C1C=O. The van der Waals surface area contributed by atoms with Gasteiger partial charge in [-0.2, -0.15) is 0 Å². The van der Waals surface area contributed by atoms with Crippen LogP contribution in [0.25, 0.3) is 0 Å². The molecule has 3 heteroatoms. The number of piperidine rings is 1. The summed E-state index contributed by atoms with van der Waals surface area (Å²) in [5.41, 5.74) is 1.19. The third-order valence-corrected chi connectivity index (χ3v) is 2.88. The molecule has 0 aromatic rings. The molecule has 2 atom stereocenters. The molecule has 13 heavy (non-hydrogen) atoms. The molecule has 1 saturated heterocycles. The second kappa shape index (κ2) is 3.44. The topological polar surface area (TPSA) is 46.3 Å². The maximum Gasteiger partial charge on any atom is 0.142 e. The van der Waals surface area contributed by atoms with E-state index in [4.69, 9.17) is 5.84 Å². The number of aldehydes is 1. The maximum atomic E-state index is 10.8. The van der Waals surface area contributed by atoms with Crippen molar-refractivity contribution in [3.63, 3.8) is 0 Å². The zero-order chi connectivity index (χ0) is 9.26. The Morgan fingerprint density at radius 2 is 2.46 bits per heavy atom.